The van der Waals surface area contributed by atoms with Crippen LogP contribution in [0.4, 0.5) is 18.3 Å². The maximum Gasteiger partial charge on any atom is 0.573 e. The number of thiazole rings is 1. The van der Waals surface area contributed by atoms with Gasteiger partial charge in [-0.25, -0.2) is 4.98 Å². The van der Waals surface area contributed by atoms with E-state index in [1.165, 1.54) is 12.1 Å². The third-order valence-electron chi connectivity index (χ3n) is 4.24. The van der Waals surface area contributed by atoms with Gasteiger partial charge >= 0.3 is 6.36 Å². The first-order chi connectivity index (χ1) is 13.3. The zero-order valence-electron chi connectivity index (χ0n) is 16.2. The molecule has 0 bridgehead atoms. The zero-order valence-corrected chi connectivity index (χ0v) is 19.3. The normalized spacial score (nSPS) is 18.6. The SMILES string of the molecule is CN=C(NCc1csc(N(C)C)n1)NC1CC1c1ccccc1OC(F)(F)F.I. The summed E-state index contributed by atoms with van der Waals surface area (Å²) in [6, 6.07) is 6.26. The molecular formula is C18H23F3IN5OS. The number of aromatic nitrogens is 1. The van der Waals surface area contributed by atoms with Crippen molar-refractivity contribution < 1.29 is 17.9 Å². The molecule has 1 aliphatic carbocycles. The van der Waals surface area contributed by atoms with Crippen molar-refractivity contribution in [1.82, 2.24) is 15.6 Å². The third kappa shape index (κ3) is 6.63. The molecule has 1 fully saturated rings. The smallest absolute Gasteiger partial charge is 0.405 e. The summed E-state index contributed by atoms with van der Waals surface area (Å²) in [6.45, 7) is 0.509. The number of para-hydroxylation sites is 1. The Balaban J connectivity index is 0.00000300. The van der Waals surface area contributed by atoms with Crippen LogP contribution >= 0.6 is 35.3 Å². The van der Waals surface area contributed by atoms with Crippen molar-refractivity contribution in [1.29, 1.82) is 0 Å². The predicted molar refractivity (Wildman–Crippen MR) is 119 cm³/mol. The van der Waals surface area contributed by atoms with Crippen molar-refractivity contribution in [3.8, 4) is 5.75 Å². The van der Waals surface area contributed by atoms with Crippen LogP contribution in [0.15, 0.2) is 34.6 Å². The molecule has 29 heavy (non-hydrogen) atoms. The highest BCUT2D eigenvalue weighted by molar-refractivity contribution is 14.0. The van der Waals surface area contributed by atoms with Gasteiger partial charge in [0.05, 0.1) is 12.2 Å². The highest BCUT2D eigenvalue weighted by atomic mass is 127. The molecule has 1 aliphatic rings. The Morgan fingerprint density at radius 1 is 1.34 bits per heavy atom. The van der Waals surface area contributed by atoms with Crippen LogP contribution in [0.25, 0.3) is 0 Å². The highest BCUT2D eigenvalue weighted by Crippen LogP contribution is 2.45. The van der Waals surface area contributed by atoms with Crippen LogP contribution in [-0.2, 0) is 6.54 Å². The average Bonchev–Trinajstić information content (AvgIpc) is 3.21. The maximum atomic E-state index is 12.6. The lowest BCUT2D eigenvalue weighted by Crippen LogP contribution is -2.38. The first kappa shape index (κ1) is 23.5. The van der Waals surface area contributed by atoms with Crippen molar-refractivity contribution in [3.05, 3.63) is 40.9 Å². The van der Waals surface area contributed by atoms with Gasteiger partial charge in [0.15, 0.2) is 11.1 Å². The molecule has 0 radical (unpaired) electrons. The topological polar surface area (TPSA) is 61.8 Å². The second-order valence-electron chi connectivity index (χ2n) is 6.62. The Morgan fingerprint density at radius 3 is 2.69 bits per heavy atom. The number of alkyl halides is 3. The molecule has 0 saturated heterocycles. The van der Waals surface area contributed by atoms with Gasteiger partial charge in [0.2, 0.25) is 0 Å². The molecule has 2 N–H and O–H groups in total. The van der Waals surface area contributed by atoms with E-state index in [4.69, 9.17) is 0 Å². The van der Waals surface area contributed by atoms with E-state index in [0.717, 1.165) is 10.8 Å². The van der Waals surface area contributed by atoms with E-state index in [1.807, 2.05) is 24.4 Å². The monoisotopic (exact) mass is 541 g/mol. The fourth-order valence-electron chi connectivity index (χ4n) is 2.83. The largest absolute Gasteiger partial charge is 0.573 e. The molecule has 6 nitrogen and oxygen atoms in total. The second kappa shape index (κ2) is 9.83. The van der Waals surface area contributed by atoms with E-state index in [9.17, 15) is 13.2 Å². The van der Waals surface area contributed by atoms with Gasteiger partial charge in [0.1, 0.15) is 5.75 Å². The number of guanidine groups is 1. The van der Waals surface area contributed by atoms with Gasteiger partial charge in [-0.2, -0.15) is 0 Å². The Bertz CT molecular complexity index is 843. The number of hydrogen-bond donors (Lipinski definition) is 2. The first-order valence-electron chi connectivity index (χ1n) is 8.70. The van der Waals surface area contributed by atoms with Crippen molar-refractivity contribution >= 4 is 46.4 Å². The van der Waals surface area contributed by atoms with E-state index in [2.05, 4.69) is 25.3 Å². The zero-order chi connectivity index (χ0) is 20.3. The van der Waals surface area contributed by atoms with Crippen molar-refractivity contribution in [2.45, 2.75) is 31.3 Å². The first-order valence-corrected chi connectivity index (χ1v) is 9.58. The summed E-state index contributed by atoms with van der Waals surface area (Å²) < 4.78 is 42.0. The summed E-state index contributed by atoms with van der Waals surface area (Å²) in [5.74, 6) is 0.378. The number of hydrogen-bond acceptors (Lipinski definition) is 5. The van der Waals surface area contributed by atoms with Crippen LogP contribution in [0.5, 0.6) is 5.75 Å². The number of nitrogens with zero attached hydrogens (tertiary/aromatic N) is 3. The number of rotatable bonds is 6. The molecule has 160 valence electrons. The van der Waals surface area contributed by atoms with E-state index < -0.39 is 6.36 Å². The molecule has 1 aromatic heterocycles. The molecule has 11 heteroatoms. The molecule has 0 amide bonds. The molecule has 1 saturated carbocycles. The minimum absolute atomic E-state index is 0. The number of aliphatic imine (C=N–C) groups is 1. The summed E-state index contributed by atoms with van der Waals surface area (Å²) in [6.07, 6.45) is -4.00. The highest BCUT2D eigenvalue weighted by Gasteiger charge is 2.42. The van der Waals surface area contributed by atoms with Crippen LogP contribution in [0, 0.1) is 0 Å². The van der Waals surface area contributed by atoms with Crippen LogP contribution in [0.1, 0.15) is 23.6 Å². The summed E-state index contributed by atoms with van der Waals surface area (Å²) in [5.41, 5.74) is 1.44. The van der Waals surface area contributed by atoms with Crippen molar-refractivity contribution in [3.63, 3.8) is 0 Å². The minimum Gasteiger partial charge on any atom is -0.405 e. The van der Waals surface area contributed by atoms with E-state index in [-0.39, 0.29) is 41.7 Å². The summed E-state index contributed by atoms with van der Waals surface area (Å²) in [7, 11) is 5.52. The number of halogens is 4. The van der Waals surface area contributed by atoms with Gasteiger partial charge < -0.3 is 20.3 Å². The minimum atomic E-state index is -4.70. The molecular weight excluding hydrogens is 518 g/mol. The van der Waals surface area contributed by atoms with E-state index in [0.29, 0.717) is 24.5 Å². The van der Waals surface area contributed by atoms with Crippen LogP contribution in [0.3, 0.4) is 0 Å². The molecule has 0 aliphatic heterocycles. The molecule has 0 spiro atoms. The van der Waals surface area contributed by atoms with Crippen LogP contribution in [-0.4, -0.2) is 44.5 Å². The summed E-state index contributed by atoms with van der Waals surface area (Å²) >= 11 is 1.56. The van der Waals surface area contributed by atoms with Crippen molar-refractivity contribution in [2.24, 2.45) is 4.99 Å². The lowest BCUT2D eigenvalue weighted by Gasteiger charge is -2.14. The third-order valence-corrected chi connectivity index (χ3v) is 5.30. The number of nitrogens with one attached hydrogen (secondary N) is 2. The number of benzene rings is 1. The maximum absolute atomic E-state index is 12.6. The molecule has 1 aromatic carbocycles. The molecule has 2 atom stereocenters. The molecule has 2 unspecified atom stereocenters. The van der Waals surface area contributed by atoms with Gasteiger partial charge in [0.25, 0.3) is 0 Å². The fourth-order valence-corrected chi connectivity index (χ4v) is 3.59. The fraction of sp³-hybridized carbons (Fsp3) is 0.444. The Morgan fingerprint density at radius 2 is 2.07 bits per heavy atom. The standard InChI is InChI=1S/C18H22F3N5OS.HI/c1-22-16(23-9-11-10-28-17(24-11)26(2)3)25-14-8-13(14)12-6-4-5-7-15(12)27-18(19,20)21;/h4-7,10,13-14H,8-9H2,1-3H3,(H2,22,23,25);1H. The predicted octanol–water partition coefficient (Wildman–Crippen LogP) is 3.95. The van der Waals surface area contributed by atoms with Crippen molar-refractivity contribution in [2.75, 3.05) is 26.0 Å². The Kier molecular flexibility index (Phi) is 7.97. The number of anilines is 1. The van der Waals surface area contributed by atoms with Crippen LogP contribution < -0.4 is 20.3 Å². The molecule has 1 heterocycles. The summed E-state index contributed by atoms with van der Waals surface area (Å²) in [5, 5.41) is 9.33. The van der Waals surface area contributed by atoms with E-state index in [1.54, 1.807) is 30.5 Å². The second-order valence-corrected chi connectivity index (χ2v) is 7.46. The number of ether oxygens (including phenoxy) is 1. The lowest BCUT2D eigenvalue weighted by atomic mass is 10.1. The Labute approximate surface area is 188 Å². The van der Waals surface area contributed by atoms with Gasteiger partial charge in [-0.1, -0.05) is 18.2 Å². The average molecular weight is 541 g/mol. The van der Waals surface area contributed by atoms with Gasteiger partial charge in [0, 0.05) is 38.5 Å². The van der Waals surface area contributed by atoms with E-state index >= 15 is 0 Å². The Hall–Kier alpha value is -1.76. The van der Waals surface area contributed by atoms with Gasteiger partial charge in [-0.15, -0.1) is 48.5 Å². The quantitative estimate of drug-likeness (QED) is 0.330. The van der Waals surface area contributed by atoms with Gasteiger partial charge in [-0.05, 0) is 18.1 Å². The van der Waals surface area contributed by atoms with Crippen LogP contribution in [0.2, 0.25) is 0 Å². The molecule has 2 aromatic rings. The van der Waals surface area contributed by atoms with Gasteiger partial charge in [-0.3, -0.25) is 4.99 Å². The molecule has 3 rings (SSSR count). The lowest BCUT2D eigenvalue weighted by molar-refractivity contribution is -0.274. The summed E-state index contributed by atoms with van der Waals surface area (Å²) in [4.78, 5) is 10.6.